The maximum absolute atomic E-state index is 13.0. The van der Waals surface area contributed by atoms with Crippen LogP contribution in [0.15, 0.2) is 23.3 Å². The van der Waals surface area contributed by atoms with E-state index in [9.17, 15) is 18.0 Å². The summed E-state index contributed by atoms with van der Waals surface area (Å²) in [5, 5.41) is 7.66. The minimum Gasteiger partial charge on any atom is -0.481 e. The fraction of sp³-hybridized carbons (Fsp3) is 0.400. The van der Waals surface area contributed by atoms with Gasteiger partial charge in [-0.25, -0.2) is 5.43 Å². The van der Waals surface area contributed by atoms with Crippen LogP contribution in [0.5, 0.6) is 5.88 Å². The van der Waals surface area contributed by atoms with Gasteiger partial charge in [-0.3, -0.25) is 4.79 Å². The third-order valence-electron chi connectivity index (χ3n) is 3.88. The Hall–Kier alpha value is -2.58. The average molecular weight is 340 g/mol. The summed E-state index contributed by atoms with van der Waals surface area (Å²) in [7, 11) is 1.35. The van der Waals surface area contributed by atoms with Crippen molar-refractivity contribution < 1.29 is 22.7 Å². The second-order valence-corrected chi connectivity index (χ2v) is 6.17. The Morgan fingerprint density at radius 3 is 2.62 bits per heavy atom. The fourth-order valence-electron chi connectivity index (χ4n) is 2.76. The highest BCUT2D eigenvalue weighted by molar-refractivity contribution is 6.12. The summed E-state index contributed by atoms with van der Waals surface area (Å²) in [5.41, 5.74) is 1.90. The fourth-order valence-corrected chi connectivity index (χ4v) is 2.76. The van der Waals surface area contributed by atoms with E-state index in [2.05, 4.69) is 15.6 Å². The third-order valence-corrected chi connectivity index (χ3v) is 3.88. The molecule has 0 atom stereocenters. The smallest absolute Gasteiger partial charge is 0.435 e. The molecule has 0 saturated heterocycles. The van der Waals surface area contributed by atoms with Gasteiger partial charge in [0.25, 0.3) is 0 Å². The van der Waals surface area contributed by atoms with Crippen LogP contribution in [-0.2, 0) is 11.0 Å². The molecular weight excluding hydrogens is 325 g/mol. The van der Waals surface area contributed by atoms with Crippen LogP contribution in [0.3, 0.4) is 0 Å². The molecule has 1 amide bonds. The van der Waals surface area contributed by atoms with Gasteiger partial charge in [-0.05, 0) is 12.1 Å². The standard InChI is InChI=1S/C15H15F3N4O2/c1-14(2)7-11(23)19-20-13(14)8-4-5-12(24-3)22-9(8)6-10(21-22)15(16,17)18/h4-6H,7H2,1-3H3,(H,19,23). The number of aromatic nitrogens is 2. The van der Waals surface area contributed by atoms with Crippen molar-refractivity contribution in [2.24, 2.45) is 10.5 Å². The molecule has 0 spiro atoms. The summed E-state index contributed by atoms with van der Waals surface area (Å²) >= 11 is 0. The van der Waals surface area contributed by atoms with Crippen molar-refractivity contribution in [3.63, 3.8) is 0 Å². The summed E-state index contributed by atoms with van der Waals surface area (Å²) in [5.74, 6) is -0.0692. The molecule has 0 unspecified atom stereocenters. The highest BCUT2D eigenvalue weighted by Crippen LogP contribution is 2.35. The molecule has 3 rings (SSSR count). The quantitative estimate of drug-likeness (QED) is 0.914. The number of fused-ring (bicyclic) bond motifs is 1. The number of hydrazone groups is 1. The first-order chi connectivity index (χ1) is 11.1. The SMILES string of the molecule is COc1ccc(C2=NNC(=O)CC2(C)C)c2cc(C(F)(F)F)nn12. The Bertz CT molecular complexity index is 852. The van der Waals surface area contributed by atoms with Crippen LogP contribution in [0.25, 0.3) is 5.52 Å². The number of nitrogens with one attached hydrogen (secondary N) is 1. The molecule has 9 heteroatoms. The molecule has 0 radical (unpaired) electrons. The van der Waals surface area contributed by atoms with Crippen LogP contribution < -0.4 is 10.2 Å². The Morgan fingerprint density at radius 1 is 1.33 bits per heavy atom. The number of nitrogens with zero attached hydrogens (tertiary/aromatic N) is 3. The van der Waals surface area contributed by atoms with Crippen molar-refractivity contribution in [1.82, 2.24) is 15.0 Å². The Kier molecular flexibility index (Phi) is 3.54. The number of carbonyl (C=O) groups excluding carboxylic acids is 1. The van der Waals surface area contributed by atoms with E-state index < -0.39 is 17.3 Å². The molecule has 24 heavy (non-hydrogen) atoms. The van der Waals surface area contributed by atoms with Crippen molar-refractivity contribution in [3.8, 4) is 5.88 Å². The van der Waals surface area contributed by atoms with Crippen molar-refractivity contribution in [1.29, 1.82) is 0 Å². The molecular formula is C15H15F3N4O2. The molecule has 6 nitrogen and oxygen atoms in total. The number of methoxy groups -OCH3 is 1. The van der Waals surface area contributed by atoms with Gasteiger partial charge in [0.05, 0.1) is 18.3 Å². The number of carbonyl (C=O) groups is 1. The van der Waals surface area contributed by atoms with Gasteiger partial charge >= 0.3 is 6.18 Å². The van der Waals surface area contributed by atoms with Crippen molar-refractivity contribution in [2.45, 2.75) is 26.4 Å². The van der Waals surface area contributed by atoms with Crippen molar-refractivity contribution in [2.75, 3.05) is 7.11 Å². The zero-order valence-corrected chi connectivity index (χ0v) is 13.2. The molecule has 0 fully saturated rings. The van der Waals surface area contributed by atoms with Gasteiger partial charge in [-0.2, -0.15) is 27.9 Å². The average Bonchev–Trinajstić information content (AvgIpc) is 2.91. The summed E-state index contributed by atoms with van der Waals surface area (Å²) in [6, 6.07) is 4.09. The van der Waals surface area contributed by atoms with E-state index in [1.807, 2.05) is 13.8 Å². The Morgan fingerprint density at radius 2 is 2.04 bits per heavy atom. The van der Waals surface area contributed by atoms with Gasteiger partial charge < -0.3 is 4.74 Å². The van der Waals surface area contributed by atoms with Crippen LogP contribution in [0.4, 0.5) is 13.2 Å². The third kappa shape index (κ3) is 2.59. The molecule has 2 aromatic rings. The lowest BCUT2D eigenvalue weighted by Gasteiger charge is -2.29. The zero-order valence-electron chi connectivity index (χ0n) is 13.2. The molecule has 0 aliphatic carbocycles. The molecule has 1 aliphatic rings. The summed E-state index contributed by atoms with van der Waals surface area (Å²) < 4.78 is 45.3. The summed E-state index contributed by atoms with van der Waals surface area (Å²) in [6.07, 6.45) is -4.39. The lowest BCUT2D eigenvalue weighted by atomic mass is 9.79. The van der Waals surface area contributed by atoms with Gasteiger partial charge in [-0.1, -0.05) is 13.8 Å². The van der Waals surface area contributed by atoms with E-state index in [4.69, 9.17) is 4.74 Å². The maximum atomic E-state index is 13.0. The van der Waals surface area contributed by atoms with Gasteiger partial charge in [0.15, 0.2) is 5.69 Å². The molecule has 0 aromatic carbocycles. The predicted octanol–water partition coefficient (Wildman–Crippen LogP) is 2.61. The lowest BCUT2D eigenvalue weighted by Crippen LogP contribution is -2.39. The number of halogens is 3. The normalized spacial score (nSPS) is 17.6. The van der Waals surface area contributed by atoms with Crippen molar-refractivity contribution >= 4 is 17.1 Å². The van der Waals surface area contributed by atoms with Crippen LogP contribution in [-0.4, -0.2) is 28.3 Å². The largest absolute Gasteiger partial charge is 0.481 e. The predicted molar refractivity (Wildman–Crippen MR) is 79.8 cm³/mol. The molecule has 0 saturated carbocycles. The van der Waals surface area contributed by atoms with E-state index in [1.54, 1.807) is 6.07 Å². The second-order valence-electron chi connectivity index (χ2n) is 6.17. The highest BCUT2D eigenvalue weighted by atomic mass is 19.4. The van der Waals surface area contributed by atoms with E-state index in [-0.39, 0.29) is 23.7 Å². The van der Waals surface area contributed by atoms with E-state index >= 15 is 0 Å². The number of rotatable bonds is 2. The maximum Gasteiger partial charge on any atom is 0.435 e. The van der Waals surface area contributed by atoms with Gasteiger partial charge in [0, 0.05) is 23.5 Å². The lowest BCUT2D eigenvalue weighted by molar-refractivity contribution is -0.141. The molecule has 128 valence electrons. The number of ether oxygens (including phenoxy) is 1. The number of hydrogen-bond acceptors (Lipinski definition) is 4. The molecule has 3 heterocycles. The number of alkyl halides is 3. The first-order valence-corrected chi connectivity index (χ1v) is 7.15. The van der Waals surface area contributed by atoms with E-state index in [0.717, 1.165) is 10.6 Å². The van der Waals surface area contributed by atoms with Gasteiger partial charge in [0.2, 0.25) is 11.8 Å². The molecule has 1 aliphatic heterocycles. The zero-order chi connectivity index (χ0) is 17.7. The topological polar surface area (TPSA) is 68.0 Å². The Balaban J connectivity index is 2.26. The van der Waals surface area contributed by atoms with E-state index in [1.165, 1.54) is 13.2 Å². The van der Waals surface area contributed by atoms with Crippen LogP contribution in [0.1, 0.15) is 31.5 Å². The van der Waals surface area contributed by atoms with Crippen LogP contribution in [0.2, 0.25) is 0 Å². The first kappa shape index (κ1) is 16.3. The molecule has 1 N–H and O–H groups in total. The summed E-state index contributed by atoms with van der Waals surface area (Å²) in [4.78, 5) is 11.6. The first-order valence-electron chi connectivity index (χ1n) is 7.15. The number of hydrogen-bond donors (Lipinski definition) is 1. The second kappa shape index (κ2) is 5.22. The van der Waals surface area contributed by atoms with Gasteiger partial charge in [-0.15, -0.1) is 0 Å². The molecule has 2 aromatic heterocycles. The number of pyridine rings is 1. The monoisotopic (exact) mass is 340 g/mol. The van der Waals surface area contributed by atoms with Crippen LogP contribution >= 0.6 is 0 Å². The van der Waals surface area contributed by atoms with Crippen LogP contribution in [0, 0.1) is 5.41 Å². The van der Waals surface area contributed by atoms with Crippen molar-refractivity contribution in [3.05, 3.63) is 29.5 Å². The minimum absolute atomic E-state index is 0.169. The number of amides is 1. The van der Waals surface area contributed by atoms with Gasteiger partial charge in [0.1, 0.15) is 0 Å². The van der Waals surface area contributed by atoms with E-state index in [0.29, 0.717) is 11.3 Å². The summed E-state index contributed by atoms with van der Waals surface area (Å²) in [6.45, 7) is 3.62. The Labute approximate surface area is 135 Å². The highest BCUT2D eigenvalue weighted by Gasteiger charge is 2.37. The minimum atomic E-state index is -4.58. The molecule has 0 bridgehead atoms.